The van der Waals surface area contributed by atoms with Gasteiger partial charge in [-0.25, -0.2) is 0 Å². The Morgan fingerprint density at radius 3 is 3.18 bits per heavy atom. The van der Waals surface area contributed by atoms with Crippen molar-refractivity contribution in [2.45, 2.75) is 12.5 Å². The molecule has 2 aliphatic rings. The van der Waals surface area contributed by atoms with E-state index in [0.29, 0.717) is 26.4 Å². The molecular weight excluding hydrogens is 284 g/mol. The second-order valence-electron chi connectivity index (χ2n) is 5.32. The lowest BCUT2D eigenvalue weighted by atomic mass is 9.97. The van der Waals surface area contributed by atoms with Gasteiger partial charge < -0.3 is 24.6 Å². The molecule has 3 rings (SSSR count). The van der Waals surface area contributed by atoms with Gasteiger partial charge in [-0.2, -0.15) is 0 Å². The van der Waals surface area contributed by atoms with Crippen LogP contribution in [-0.2, 0) is 20.6 Å². The number of phenolic OH excluding ortho intramolecular Hbond substituents is 1. The summed E-state index contributed by atoms with van der Waals surface area (Å²) in [7, 11) is 0. The number of benzene rings is 1. The van der Waals surface area contributed by atoms with E-state index >= 15 is 0 Å². The topological polar surface area (TPSA) is 83.8 Å². The molecule has 22 heavy (non-hydrogen) atoms. The summed E-state index contributed by atoms with van der Waals surface area (Å²) in [6.07, 6.45) is 2.40. The lowest BCUT2D eigenvalue weighted by Crippen LogP contribution is -2.33. The molecule has 1 fully saturated rings. The SMILES string of the molecule is N=C(/C=C1\NCCc2cc(O)ccc21)OC[C@H]1COCCO1. The number of fused-ring (bicyclic) bond motifs is 1. The van der Waals surface area contributed by atoms with E-state index < -0.39 is 0 Å². The third-order valence-electron chi connectivity index (χ3n) is 3.67. The van der Waals surface area contributed by atoms with Crippen LogP contribution in [0.25, 0.3) is 5.70 Å². The second-order valence-corrected chi connectivity index (χ2v) is 5.32. The first-order valence-electron chi connectivity index (χ1n) is 7.41. The molecule has 0 aromatic heterocycles. The first-order valence-corrected chi connectivity index (χ1v) is 7.41. The molecule has 0 bridgehead atoms. The minimum Gasteiger partial charge on any atom is -0.508 e. The predicted molar refractivity (Wildman–Crippen MR) is 82.0 cm³/mol. The Morgan fingerprint density at radius 1 is 1.45 bits per heavy atom. The highest BCUT2D eigenvalue weighted by Gasteiger charge is 2.17. The number of aromatic hydroxyl groups is 1. The Kier molecular flexibility index (Phi) is 4.60. The zero-order valence-corrected chi connectivity index (χ0v) is 12.3. The van der Waals surface area contributed by atoms with Crippen LogP contribution in [0.15, 0.2) is 24.3 Å². The van der Waals surface area contributed by atoms with Crippen LogP contribution in [-0.4, -0.2) is 50.1 Å². The van der Waals surface area contributed by atoms with Gasteiger partial charge in [-0.1, -0.05) is 0 Å². The van der Waals surface area contributed by atoms with Gasteiger partial charge in [0.15, 0.2) is 0 Å². The number of nitrogens with one attached hydrogen (secondary N) is 2. The molecule has 1 aromatic carbocycles. The van der Waals surface area contributed by atoms with Crippen LogP contribution in [0.1, 0.15) is 11.1 Å². The molecular formula is C16H20N2O4. The first kappa shape index (κ1) is 14.9. The summed E-state index contributed by atoms with van der Waals surface area (Å²) in [6.45, 7) is 2.77. The fraction of sp³-hybridized carbons (Fsp3) is 0.438. The van der Waals surface area contributed by atoms with Crippen LogP contribution < -0.4 is 5.32 Å². The Morgan fingerprint density at radius 2 is 2.36 bits per heavy atom. The van der Waals surface area contributed by atoms with E-state index in [4.69, 9.17) is 19.6 Å². The highest BCUT2D eigenvalue weighted by molar-refractivity contribution is 5.93. The minimum atomic E-state index is -0.115. The van der Waals surface area contributed by atoms with Gasteiger partial charge in [0, 0.05) is 23.9 Å². The Labute approximate surface area is 129 Å². The van der Waals surface area contributed by atoms with E-state index in [-0.39, 0.29) is 17.8 Å². The monoisotopic (exact) mass is 304 g/mol. The van der Waals surface area contributed by atoms with E-state index in [9.17, 15) is 5.11 Å². The van der Waals surface area contributed by atoms with Crippen LogP contribution in [0.3, 0.4) is 0 Å². The van der Waals surface area contributed by atoms with E-state index in [2.05, 4.69) is 5.32 Å². The van der Waals surface area contributed by atoms with Gasteiger partial charge in [-0.3, -0.25) is 5.41 Å². The predicted octanol–water partition coefficient (Wildman–Crippen LogP) is 1.29. The highest BCUT2D eigenvalue weighted by atomic mass is 16.6. The standard InChI is InChI=1S/C16H20N2O4/c17-16(22-10-13-9-20-5-6-21-13)8-15-14-2-1-12(19)7-11(14)3-4-18-15/h1-2,7-8,13,17-19H,3-6,9-10H2/b15-8-,17-16?/t13-/m1/s1. The van der Waals surface area contributed by atoms with Crippen molar-refractivity contribution >= 4 is 11.6 Å². The number of ether oxygens (including phenoxy) is 3. The molecule has 1 aromatic rings. The van der Waals surface area contributed by atoms with E-state index in [1.54, 1.807) is 18.2 Å². The lowest BCUT2D eigenvalue weighted by Gasteiger charge is -2.23. The molecule has 6 nitrogen and oxygen atoms in total. The van der Waals surface area contributed by atoms with Gasteiger partial charge >= 0.3 is 0 Å². The number of hydrogen-bond donors (Lipinski definition) is 3. The fourth-order valence-corrected chi connectivity index (χ4v) is 2.59. The number of hydrogen-bond acceptors (Lipinski definition) is 6. The molecule has 0 amide bonds. The van der Waals surface area contributed by atoms with Crippen molar-refractivity contribution in [3.05, 3.63) is 35.4 Å². The molecule has 0 aliphatic carbocycles. The molecule has 2 aliphatic heterocycles. The van der Waals surface area contributed by atoms with Crippen LogP contribution in [0.2, 0.25) is 0 Å². The van der Waals surface area contributed by atoms with Gasteiger partial charge in [-0.15, -0.1) is 0 Å². The maximum Gasteiger partial charge on any atom is 0.207 e. The summed E-state index contributed by atoms with van der Waals surface area (Å²) in [6, 6.07) is 5.27. The average molecular weight is 304 g/mol. The Balaban J connectivity index is 1.63. The van der Waals surface area contributed by atoms with Crippen LogP contribution in [0, 0.1) is 5.41 Å². The van der Waals surface area contributed by atoms with Gasteiger partial charge in [-0.05, 0) is 30.2 Å². The molecule has 3 N–H and O–H groups in total. The van der Waals surface area contributed by atoms with E-state index in [0.717, 1.165) is 29.8 Å². The summed E-state index contributed by atoms with van der Waals surface area (Å²) in [5.41, 5.74) is 2.91. The zero-order valence-electron chi connectivity index (χ0n) is 12.3. The smallest absolute Gasteiger partial charge is 0.207 e. The summed E-state index contributed by atoms with van der Waals surface area (Å²) >= 11 is 0. The van der Waals surface area contributed by atoms with Crippen LogP contribution in [0.5, 0.6) is 5.75 Å². The molecule has 118 valence electrons. The van der Waals surface area contributed by atoms with Crippen LogP contribution in [0.4, 0.5) is 0 Å². The maximum atomic E-state index is 9.55. The average Bonchev–Trinajstić information content (AvgIpc) is 2.54. The van der Waals surface area contributed by atoms with Crippen molar-refractivity contribution in [2.24, 2.45) is 0 Å². The maximum absolute atomic E-state index is 9.55. The van der Waals surface area contributed by atoms with Gasteiger partial charge in [0.05, 0.1) is 19.8 Å². The Hall–Kier alpha value is -2.05. The molecule has 1 atom stereocenters. The van der Waals surface area contributed by atoms with Crippen molar-refractivity contribution in [3.63, 3.8) is 0 Å². The summed E-state index contributed by atoms with van der Waals surface area (Å²) in [4.78, 5) is 0. The molecule has 1 saturated heterocycles. The lowest BCUT2D eigenvalue weighted by molar-refractivity contribution is -0.103. The van der Waals surface area contributed by atoms with Crippen LogP contribution >= 0.6 is 0 Å². The number of rotatable bonds is 3. The fourth-order valence-electron chi connectivity index (χ4n) is 2.59. The van der Waals surface area contributed by atoms with E-state index in [1.165, 1.54) is 0 Å². The van der Waals surface area contributed by atoms with Crippen molar-refractivity contribution < 1.29 is 19.3 Å². The minimum absolute atomic E-state index is 0.0811. The summed E-state index contributed by atoms with van der Waals surface area (Å²) in [5.74, 6) is 0.346. The quantitative estimate of drug-likeness (QED) is 0.579. The molecule has 0 spiro atoms. The molecule has 0 saturated carbocycles. The third kappa shape index (κ3) is 3.58. The largest absolute Gasteiger partial charge is 0.508 e. The normalized spacial score (nSPS) is 22.7. The molecule has 2 heterocycles. The highest BCUT2D eigenvalue weighted by Crippen LogP contribution is 2.25. The first-order chi connectivity index (χ1) is 10.7. The van der Waals surface area contributed by atoms with Crippen molar-refractivity contribution in [3.8, 4) is 5.75 Å². The summed E-state index contributed by atoms with van der Waals surface area (Å²) < 4.78 is 16.2. The molecule has 6 heteroatoms. The van der Waals surface area contributed by atoms with Crippen molar-refractivity contribution in [1.29, 1.82) is 5.41 Å². The van der Waals surface area contributed by atoms with Crippen molar-refractivity contribution in [1.82, 2.24) is 5.32 Å². The second kappa shape index (κ2) is 6.81. The zero-order chi connectivity index (χ0) is 15.4. The third-order valence-corrected chi connectivity index (χ3v) is 3.67. The van der Waals surface area contributed by atoms with E-state index in [1.807, 2.05) is 6.07 Å². The van der Waals surface area contributed by atoms with Gasteiger partial charge in [0.2, 0.25) is 5.90 Å². The Bertz CT molecular complexity index is 580. The van der Waals surface area contributed by atoms with Gasteiger partial charge in [0.25, 0.3) is 0 Å². The van der Waals surface area contributed by atoms with Gasteiger partial charge in [0.1, 0.15) is 18.5 Å². The number of phenols is 1. The molecule has 0 unspecified atom stereocenters. The van der Waals surface area contributed by atoms with Crippen molar-refractivity contribution in [2.75, 3.05) is 33.0 Å². The summed E-state index contributed by atoms with van der Waals surface area (Å²) in [5, 5.41) is 20.8. The molecule has 0 radical (unpaired) electrons.